The van der Waals surface area contributed by atoms with Crippen molar-refractivity contribution in [3.63, 3.8) is 0 Å². The summed E-state index contributed by atoms with van der Waals surface area (Å²) >= 11 is 5.44. The zero-order valence-electron chi connectivity index (χ0n) is 12.4. The summed E-state index contributed by atoms with van der Waals surface area (Å²) in [6, 6.07) is 4.95. The van der Waals surface area contributed by atoms with E-state index in [1.54, 1.807) is 23.1 Å². The second-order valence-electron chi connectivity index (χ2n) is 5.52. The molecule has 2 heterocycles. The van der Waals surface area contributed by atoms with Crippen LogP contribution in [0, 0.1) is 0 Å². The summed E-state index contributed by atoms with van der Waals surface area (Å²) in [4.78, 5) is 14.8. The number of rotatable bonds is 4. The molecular formula is C13H16N4O4S2. The number of sulfonamides is 1. The Morgan fingerprint density at radius 2 is 2.26 bits per heavy atom. The van der Waals surface area contributed by atoms with Crippen LogP contribution < -0.4 is 20.1 Å². The summed E-state index contributed by atoms with van der Waals surface area (Å²) in [5, 5.41) is 0.481. The number of anilines is 2. The number of nitrogens with zero attached hydrogens (tertiary/aromatic N) is 2. The first-order valence-corrected chi connectivity index (χ1v) is 9.15. The lowest BCUT2D eigenvalue weighted by molar-refractivity contribution is -0.118. The molecule has 0 bridgehead atoms. The molecule has 1 amide bonds. The van der Waals surface area contributed by atoms with Crippen LogP contribution in [-0.2, 0) is 14.8 Å². The number of amides is 1. The van der Waals surface area contributed by atoms with E-state index in [2.05, 4.69) is 4.72 Å². The molecule has 2 aliphatic rings. The van der Waals surface area contributed by atoms with E-state index in [1.165, 1.54) is 0 Å². The molecule has 23 heavy (non-hydrogen) atoms. The third kappa shape index (κ3) is 3.17. The van der Waals surface area contributed by atoms with Crippen molar-refractivity contribution in [2.75, 3.05) is 35.6 Å². The number of carbonyl (C=O) groups is 1. The third-order valence-corrected chi connectivity index (χ3v) is 4.63. The molecule has 2 aliphatic heterocycles. The molecule has 0 aromatic heterocycles. The van der Waals surface area contributed by atoms with Gasteiger partial charge >= 0.3 is 0 Å². The van der Waals surface area contributed by atoms with Crippen molar-refractivity contribution in [3.8, 4) is 5.75 Å². The minimum atomic E-state index is -3.38. The smallest absolute Gasteiger partial charge is 0.237 e. The van der Waals surface area contributed by atoms with Gasteiger partial charge in [-0.05, 0) is 30.4 Å². The van der Waals surface area contributed by atoms with Crippen molar-refractivity contribution in [2.24, 2.45) is 5.73 Å². The first-order valence-electron chi connectivity index (χ1n) is 6.85. The lowest BCUT2D eigenvalue weighted by Gasteiger charge is -2.32. The fraction of sp³-hybridized carbons (Fsp3) is 0.385. The maximum atomic E-state index is 11.4. The molecule has 3 rings (SSSR count). The molecule has 0 radical (unpaired) electrons. The molecule has 1 aromatic carbocycles. The number of nitrogens with two attached hydrogens (primary N) is 1. The van der Waals surface area contributed by atoms with E-state index in [-0.39, 0.29) is 12.6 Å². The van der Waals surface area contributed by atoms with Gasteiger partial charge in [-0.15, -0.1) is 0 Å². The SMILES string of the molecule is CS(=O)(=O)Nc1ccc2c(c1)N1C(=S)N(CC(N)=O)CC1CO2. The number of benzene rings is 1. The van der Waals surface area contributed by atoms with E-state index < -0.39 is 15.9 Å². The molecular weight excluding hydrogens is 340 g/mol. The van der Waals surface area contributed by atoms with Gasteiger partial charge in [-0.2, -0.15) is 0 Å². The van der Waals surface area contributed by atoms with Gasteiger partial charge in [-0.3, -0.25) is 9.52 Å². The van der Waals surface area contributed by atoms with Crippen molar-refractivity contribution in [2.45, 2.75) is 6.04 Å². The molecule has 1 saturated heterocycles. The van der Waals surface area contributed by atoms with Gasteiger partial charge in [-0.25, -0.2) is 8.42 Å². The third-order valence-electron chi connectivity index (χ3n) is 3.57. The number of fused-ring (bicyclic) bond motifs is 3. The van der Waals surface area contributed by atoms with Crippen LogP contribution in [0.2, 0.25) is 0 Å². The van der Waals surface area contributed by atoms with Crippen LogP contribution in [0.25, 0.3) is 0 Å². The standard InChI is InChI=1S/C13H16N4O4S2/c1-23(19,20)15-8-2-3-11-10(4-8)17-9(7-21-11)5-16(13(17)22)6-12(14)18/h2-4,9,15H,5-7H2,1H3,(H2,14,18). The average molecular weight is 356 g/mol. The van der Waals surface area contributed by atoms with E-state index in [0.29, 0.717) is 35.4 Å². The van der Waals surface area contributed by atoms with Gasteiger partial charge in [0.15, 0.2) is 5.11 Å². The number of primary amides is 1. The second kappa shape index (κ2) is 5.53. The highest BCUT2D eigenvalue weighted by Crippen LogP contribution is 2.39. The quantitative estimate of drug-likeness (QED) is 0.714. The van der Waals surface area contributed by atoms with Gasteiger partial charge in [-0.1, -0.05) is 0 Å². The topological polar surface area (TPSA) is 105 Å². The number of nitrogens with one attached hydrogen (secondary N) is 1. The molecule has 3 N–H and O–H groups in total. The Balaban J connectivity index is 1.94. The van der Waals surface area contributed by atoms with Crippen LogP contribution in [0.5, 0.6) is 5.75 Å². The number of hydrogen-bond donors (Lipinski definition) is 2. The monoisotopic (exact) mass is 356 g/mol. The maximum Gasteiger partial charge on any atom is 0.237 e. The highest BCUT2D eigenvalue weighted by molar-refractivity contribution is 7.92. The number of ether oxygens (including phenoxy) is 1. The predicted molar refractivity (Wildman–Crippen MR) is 90.0 cm³/mol. The normalized spacial score (nSPS) is 19.9. The summed E-state index contributed by atoms with van der Waals surface area (Å²) in [5.74, 6) is 0.157. The van der Waals surface area contributed by atoms with Crippen LogP contribution >= 0.6 is 12.2 Å². The van der Waals surface area contributed by atoms with E-state index in [0.717, 1.165) is 6.26 Å². The van der Waals surface area contributed by atoms with E-state index in [4.69, 9.17) is 22.7 Å². The molecule has 1 atom stereocenters. The van der Waals surface area contributed by atoms with Crippen molar-refractivity contribution < 1.29 is 17.9 Å². The van der Waals surface area contributed by atoms with Crippen LogP contribution in [0.15, 0.2) is 18.2 Å². The predicted octanol–water partition coefficient (Wildman–Crippen LogP) is -0.289. The minimum Gasteiger partial charge on any atom is -0.489 e. The van der Waals surface area contributed by atoms with Crippen LogP contribution in [0.3, 0.4) is 0 Å². The zero-order valence-corrected chi connectivity index (χ0v) is 14.0. The fourth-order valence-electron chi connectivity index (χ4n) is 2.76. The molecule has 1 aromatic rings. The molecule has 0 spiro atoms. The van der Waals surface area contributed by atoms with Crippen molar-refractivity contribution in [1.82, 2.24) is 4.90 Å². The Morgan fingerprint density at radius 3 is 2.91 bits per heavy atom. The van der Waals surface area contributed by atoms with E-state index >= 15 is 0 Å². The van der Waals surface area contributed by atoms with Gasteiger partial charge in [0, 0.05) is 6.54 Å². The Hall–Kier alpha value is -2.07. The highest BCUT2D eigenvalue weighted by atomic mass is 32.2. The van der Waals surface area contributed by atoms with Crippen molar-refractivity contribution in [3.05, 3.63) is 18.2 Å². The van der Waals surface area contributed by atoms with Gasteiger partial charge in [0.2, 0.25) is 15.9 Å². The summed E-state index contributed by atoms with van der Waals surface area (Å²) in [5.41, 5.74) is 6.34. The lowest BCUT2D eigenvalue weighted by Crippen LogP contribution is -2.42. The summed E-state index contributed by atoms with van der Waals surface area (Å²) in [7, 11) is -3.38. The average Bonchev–Trinajstić information content (AvgIpc) is 2.73. The zero-order chi connectivity index (χ0) is 16.8. The molecule has 10 heteroatoms. The van der Waals surface area contributed by atoms with Gasteiger partial charge in [0.05, 0.1) is 30.2 Å². The minimum absolute atomic E-state index is 0.0390. The van der Waals surface area contributed by atoms with Crippen molar-refractivity contribution in [1.29, 1.82) is 0 Å². The van der Waals surface area contributed by atoms with Crippen LogP contribution in [0.1, 0.15) is 0 Å². The van der Waals surface area contributed by atoms with Crippen LogP contribution in [-0.4, -0.2) is 56.3 Å². The van der Waals surface area contributed by atoms with Crippen molar-refractivity contribution >= 4 is 44.6 Å². The largest absolute Gasteiger partial charge is 0.489 e. The van der Waals surface area contributed by atoms with Crippen LogP contribution in [0.4, 0.5) is 11.4 Å². The summed E-state index contributed by atoms with van der Waals surface area (Å²) < 4.78 is 30.9. The van der Waals surface area contributed by atoms with Gasteiger partial charge in [0.25, 0.3) is 0 Å². The molecule has 8 nitrogen and oxygen atoms in total. The lowest BCUT2D eigenvalue weighted by atomic mass is 10.1. The molecule has 1 unspecified atom stereocenters. The number of carbonyl (C=O) groups excluding carboxylic acids is 1. The van der Waals surface area contributed by atoms with Gasteiger partial charge in [0.1, 0.15) is 12.4 Å². The number of hydrogen-bond acceptors (Lipinski definition) is 5. The Morgan fingerprint density at radius 1 is 1.52 bits per heavy atom. The summed E-state index contributed by atoms with van der Waals surface area (Å²) in [6.07, 6.45) is 1.08. The van der Waals surface area contributed by atoms with E-state index in [1.807, 2.05) is 4.90 Å². The Kier molecular flexibility index (Phi) is 3.80. The summed E-state index contributed by atoms with van der Waals surface area (Å²) in [6.45, 7) is 1.01. The first kappa shape index (κ1) is 15.8. The maximum absolute atomic E-state index is 11.4. The Labute approximate surface area is 139 Å². The molecule has 124 valence electrons. The number of thiocarbonyl (C=S) groups is 1. The van der Waals surface area contributed by atoms with Gasteiger partial charge < -0.3 is 20.3 Å². The molecule has 1 fully saturated rings. The first-order chi connectivity index (χ1) is 10.7. The molecule has 0 aliphatic carbocycles. The highest BCUT2D eigenvalue weighted by Gasteiger charge is 2.40. The Bertz CT molecular complexity index is 780. The molecule has 0 saturated carbocycles. The second-order valence-corrected chi connectivity index (χ2v) is 7.63. The fourth-order valence-corrected chi connectivity index (χ4v) is 3.70. The van der Waals surface area contributed by atoms with E-state index in [9.17, 15) is 13.2 Å².